The highest BCUT2D eigenvalue weighted by Crippen LogP contribution is 2.28. The first-order chi connectivity index (χ1) is 13.9. The molecule has 0 spiro atoms. The van der Waals surface area contributed by atoms with Gasteiger partial charge in [0.15, 0.2) is 6.61 Å². The van der Waals surface area contributed by atoms with Gasteiger partial charge < -0.3 is 19.3 Å². The lowest BCUT2D eigenvalue weighted by Gasteiger charge is -2.36. The molecule has 0 unspecified atom stereocenters. The van der Waals surface area contributed by atoms with Crippen molar-refractivity contribution in [2.75, 3.05) is 44.8 Å². The summed E-state index contributed by atoms with van der Waals surface area (Å²) in [5.41, 5.74) is 4.40. The van der Waals surface area contributed by atoms with E-state index in [2.05, 4.69) is 4.90 Å². The lowest BCUT2D eigenvalue weighted by atomic mass is 10.00. The topological polar surface area (TPSA) is 59.1 Å². The molecule has 0 N–H and O–H groups in total. The van der Waals surface area contributed by atoms with Gasteiger partial charge in [0.2, 0.25) is 0 Å². The number of benzene rings is 2. The summed E-state index contributed by atoms with van der Waals surface area (Å²) in [4.78, 5) is 29.0. The second kappa shape index (κ2) is 8.99. The van der Waals surface area contributed by atoms with Gasteiger partial charge in [-0.05, 0) is 44.0 Å². The van der Waals surface area contributed by atoms with Gasteiger partial charge in [-0.2, -0.15) is 0 Å². The molecular formula is C23H28N2O4. The zero-order valence-electron chi connectivity index (χ0n) is 17.5. The minimum Gasteiger partial charge on any atom is -0.495 e. The molecular weight excluding hydrogens is 368 g/mol. The first-order valence-corrected chi connectivity index (χ1v) is 9.81. The smallest absolute Gasteiger partial charge is 0.339 e. The molecule has 2 aromatic rings. The second-order valence-electron chi connectivity index (χ2n) is 7.39. The van der Waals surface area contributed by atoms with Crippen molar-refractivity contribution in [3.05, 3.63) is 58.7 Å². The molecule has 0 bridgehead atoms. The molecule has 1 saturated heterocycles. The Morgan fingerprint density at radius 1 is 0.966 bits per heavy atom. The van der Waals surface area contributed by atoms with E-state index in [0.29, 0.717) is 31.7 Å². The molecule has 29 heavy (non-hydrogen) atoms. The van der Waals surface area contributed by atoms with Gasteiger partial charge >= 0.3 is 5.97 Å². The number of methoxy groups -OCH3 is 1. The van der Waals surface area contributed by atoms with E-state index in [1.807, 2.05) is 57.2 Å². The third kappa shape index (κ3) is 4.70. The normalized spacial score (nSPS) is 13.9. The van der Waals surface area contributed by atoms with Crippen LogP contribution < -0.4 is 9.64 Å². The van der Waals surface area contributed by atoms with E-state index >= 15 is 0 Å². The standard InChI is InChI=1S/C23H28N2O4/c1-16-13-17(2)22(18(3)14-16)23(27)29-15-21(26)25-11-9-24(10-12-25)19-7-5-6-8-20(19)28-4/h5-8,13-14H,9-12,15H2,1-4H3. The summed E-state index contributed by atoms with van der Waals surface area (Å²) in [6.07, 6.45) is 0. The Morgan fingerprint density at radius 2 is 1.59 bits per heavy atom. The fourth-order valence-corrected chi connectivity index (χ4v) is 3.88. The summed E-state index contributed by atoms with van der Waals surface area (Å²) < 4.78 is 10.8. The van der Waals surface area contributed by atoms with Gasteiger partial charge in [-0.15, -0.1) is 0 Å². The Balaban J connectivity index is 1.55. The average molecular weight is 396 g/mol. The molecule has 0 radical (unpaired) electrons. The van der Waals surface area contributed by atoms with Crippen molar-refractivity contribution in [3.63, 3.8) is 0 Å². The van der Waals surface area contributed by atoms with Gasteiger partial charge in [-0.1, -0.05) is 29.8 Å². The van der Waals surface area contributed by atoms with Crippen LogP contribution in [-0.2, 0) is 9.53 Å². The first kappa shape index (κ1) is 20.7. The lowest BCUT2D eigenvalue weighted by Crippen LogP contribution is -2.50. The van der Waals surface area contributed by atoms with Crippen molar-refractivity contribution in [2.24, 2.45) is 0 Å². The van der Waals surface area contributed by atoms with E-state index in [4.69, 9.17) is 9.47 Å². The third-order valence-corrected chi connectivity index (χ3v) is 5.27. The zero-order valence-corrected chi connectivity index (χ0v) is 17.5. The maximum Gasteiger partial charge on any atom is 0.339 e. The fraction of sp³-hybridized carbons (Fsp3) is 0.391. The number of para-hydroxylation sites is 2. The summed E-state index contributed by atoms with van der Waals surface area (Å²) in [6.45, 7) is 8.09. The van der Waals surface area contributed by atoms with E-state index in [1.165, 1.54) is 0 Å². The van der Waals surface area contributed by atoms with E-state index in [-0.39, 0.29) is 12.5 Å². The lowest BCUT2D eigenvalue weighted by molar-refractivity contribution is -0.134. The van der Waals surface area contributed by atoms with Gasteiger partial charge in [0.25, 0.3) is 5.91 Å². The molecule has 1 fully saturated rings. The summed E-state index contributed by atoms with van der Waals surface area (Å²) in [7, 11) is 1.66. The predicted octanol–water partition coefficient (Wildman–Crippen LogP) is 3.13. The highest BCUT2D eigenvalue weighted by molar-refractivity contribution is 5.94. The van der Waals surface area contributed by atoms with Crippen molar-refractivity contribution >= 4 is 17.6 Å². The molecule has 1 aliphatic heterocycles. The van der Waals surface area contributed by atoms with Crippen molar-refractivity contribution in [1.29, 1.82) is 0 Å². The number of nitrogens with zero attached hydrogens (tertiary/aromatic N) is 2. The summed E-state index contributed by atoms with van der Waals surface area (Å²) in [5, 5.41) is 0. The van der Waals surface area contributed by atoms with Crippen molar-refractivity contribution in [1.82, 2.24) is 4.90 Å². The minimum atomic E-state index is -0.444. The van der Waals surface area contributed by atoms with Crippen LogP contribution >= 0.6 is 0 Å². The van der Waals surface area contributed by atoms with Crippen molar-refractivity contribution in [3.8, 4) is 5.75 Å². The molecule has 1 aliphatic rings. The molecule has 6 heteroatoms. The van der Waals surface area contributed by atoms with Crippen LogP contribution in [0.15, 0.2) is 36.4 Å². The van der Waals surface area contributed by atoms with Gasteiger partial charge in [-0.3, -0.25) is 4.79 Å². The van der Waals surface area contributed by atoms with Gasteiger partial charge in [0, 0.05) is 26.2 Å². The number of anilines is 1. The summed E-state index contributed by atoms with van der Waals surface area (Å²) in [6, 6.07) is 11.8. The maximum absolute atomic E-state index is 12.5. The Morgan fingerprint density at radius 3 is 2.21 bits per heavy atom. The number of carbonyl (C=O) groups is 2. The van der Waals surface area contributed by atoms with Crippen LogP contribution in [-0.4, -0.2) is 56.7 Å². The van der Waals surface area contributed by atoms with Gasteiger partial charge in [-0.25, -0.2) is 4.79 Å². The largest absolute Gasteiger partial charge is 0.495 e. The molecule has 0 saturated carbocycles. The van der Waals surface area contributed by atoms with Crippen LogP contribution in [0, 0.1) is 20.8 Å². The molecule has 154 valence electrons. The minimum absolute atomic E-state index is 0.166. The molecule has 0 atom stereocenters. The number of aryl methyl sites for hydroxylation is 3. The number of ether oxygens (including phenoxy) is 2. The van der Waals surface area contributed by atoms with Crippen molar-refractivity contribution in [2.45, 2.75) is 20.8 Å². The zero-order chi connectivity index (χ0) is 21.0. The van der Waals surface area contributed by atoms with Crippen molar-refractivity contribution < 1.29 is 19.1 Å². The molecule has 0 aliphatic carbocycles. The van der Waals surface area contributed by atoms with E-state index in [1.54, 1.807) is 12.0 Å². The molecule has 1 heterocycles. The average Bonchev–Trinajstić information content (AvgIpc) is 2.71. The molecule has 1 amide bonds. The molecule has 3 rings (SSSR count). The second-order valence-corrected chi connectivity index (χ2v) is 7.39. The third-order valence-electron chi connectivity index (χ3n) is 5.27. The SMILES string of the molecule is COc1ccccc1N1CCN(C(=O)COC(=O)c2c(C)cc(C)cc2C)CC1. The monoisotopic (exact) mass is 396 g/mol. The van der Waals surface area contributed by atoms with Crippen LogP contribution in [0.25, 0.3) is 0 Å². The van der Waals surface area contributed by atoms with Crippen LogP contribution in [0.2, 0.25) is 0 Å². The van der Waals surface area contributed by atoms with E-state index < -0.39 is 5.97 Å². The Kier molecular flexibility index (Phi) is 6.42. The van der Waals surface area contributed by atoms with Crippen LogP contribution in [0.1, 0.15) is 27.0 Å². The number of rotatable bonds is 5. The van der Waals surface area contributed by atoms with Crippen LogP contribution in [0.5, 0.6) is 5.75 Å². The summed E-state index contributed by atoms with van der Waals surface area (Å²) in [5.74, 6) is 0.214. The quantitative estimate of drug-likeness (QED) is 0.727. The maximum atomic E-state index is 12.5. The number of hydrogen-bond donors (Lipinski definition) is 0. The Hall–Kier alpha value is -3.02. The predicted molar refractivity (Wildman–Crippen MR) is 113 cm³/mol. The number of hydrogen-bond acceptors (Lipinski definition) is 5. The summed E-state index contributed by atoms with van der Waals surface area (Å²) >= 11 is 0. The fourth-order valence-electron chi connectivity index (χ4n) is 3.88. The number of amides is 1. The highest BCUT2D eigenvalue weighted by atomic mass is 16.5. The Labute approximate surface area is 172 Å². The number of esters is 1. The van der Waals surface area contributed by atoms with E-state index in [0.717, 1.165) is 28.1 Å². The van der Waals surface area contributed by atoms with Crippen LogP contribution in [0.4, 0.5) is 5.69 Å². The molecule has 0 aromatic heterocycles. The van der Waals surface area contributed by atoms with Crippen LogP contribution in [0.3, 0.4) is 0 Å². The first-order valence-electron chi connectivity index (χ1n) is 9.81. The Bertz CT molecular complexity index is 878. The molecule has 2 aromatic carbocycles. The van der Waals surface area contributed by atoms with Gasteiger partial charge in [0.1, 0.15) is 5.75 Å². The highest BCUT2D eigenvalue weighted by Gasteiger charge is 2.24. The van der Waals surface area contributed by atoms with E-state index in [9.17, 15) is 9.59 Å². The molecule has 6 nitrogen and oxygen atoms in total. The number of piperazine rings is 1. The van der Waals surface area contributed by atoms with Gasteiger partial charge in [0.05, 0.1) is 18.4 Å². The number of carbonyl (C=O) groups excluding carboxylic acids is 2.